The molecule has 0 atom stereocenters. The Hall–Kier alpha value is -2.97. The van der Waals surface area contributed by atoms with Gasteiger partial charge in [0.25, 0.3) is 5.91 Å². The number of methoxy groups -OCH3 is 1. The molecule has 0 saturated carbocycles. The van der Waals surface area contributed by atoms with E-state index in [0.29, 0.717) is 31.0 Å². The standard InChI is InChI=1S/C23H25NO3.C2H6/c1-5-12-23(2,3)18-8-11-20-21(15-18)27-14-13-24(22(20)25)16-17-6-9-19(26-4)10-7-17;1-2/h6-12,15H,1,13-14,16H2,2-4H3;1-2H3. The number of allylic oxidation sites excluding steroid dienone is 1. The number of carbonyl (C=O) groups excluding carboxylic acids is 1. The molecule has 0 radical (unpaired) electrons. The first-order valence-electron chi connectivity index (χ1n) is 10.0. The number of fused-ring (bicyclic) bond motifs is 1. The fourth-order valence-corrected chi connectivity index (χ4v) is 3.20. The van der Waals surface area contributed by atoms with Crippen molar-refractivity contribution in [3.8, 4) is 11.5 Å². The van der Waals surface area contributed by atoms with Crippen LogP contribution in [-0.2, 0) is 12.0 Å². The van der Waals surface area contributed by atoms with Gasteiger partial charge in [-0.05, 0) is 41.5 Å². The minimum atomic E-state index is -0.224. The third-order valence-electron chi connectivity index (χ3n) is 4.86. The third-order valence-corrected chi connectivity index (χ3v) is 4.86. The second-order valence-corrected chi connectivity index (χ2v) is 7.20. The van der Waals surface area contributed by atoms with Crippen molar-refractivity contribution in [1.82, 2.24) is 4.90 Å². The molecule has 4 nitrogen and oxygen atoms in total. The van der Waals surface area contributed by atoms with E-state index in [-0.39, 0.29) is 11.3 Å². The summed E-state index contributed by atoms with van der Waals surface area (Å²) in [4.78, 5) is 14.9. The van der Waals surface area contributed by atoms with Crippen molar-refractivity contribution in [2.24, 2.45) is 0 Å². The summed E-state index contributed by atoms with van der Waals surface area (Å²) in [6.07, 6.45) is 1.92. The van der Waals surface area contributed by atoms with E-state index in [1.54, 1.807) is 7.11 Å². The van der Waals surface area contributed by atoms with Gasteiger partial charge in [-0.15, -0.1) is 5.73 Å². The molecule has 29 heavy (non-hydrogen) atoms. The molecule has 1 aliphatic rings. The second kappa shape index (κ2) is 9.99. The van der Waals surface area contributed by atoms with Gasteiger partial charge in [-0.1, -0.05) is 52.5 Å². The molecule has 3 rings (SSSR count). The lowest BCUT2D eigenvalue weighted by Gasteiger charge is -2.22. The van der Waals surface area contributed by atoms with Crippen molar-refractivity contribution in [2.75, 3.05) is 20.3 Å². The van der Waals surface area contributed by atoms with Crippen molar-refractivity contribution in [2.45, 2.75) is 39.7 Å². The highest BCUT2D eigenvalue weighted by atomic mass is 16.5. The van der Waals surface area contributed by atoms with Gasteiger partial charge in [0, 0.05) is 12.0 Å². The van der Waals surface area contributed by atoms with Crippen LogP contribution in [0.25, 0.3) is 0 Å². The Balaban J connectivity index is 0.00000145. The van der Waals surface area contributed by atoms with Gasteiger partial charge in [0.15, 0.2) is 0 Å². The maximum atomic E-state index is 13.0. The van der Waals surface area contributed by atoms with E-state index in [9.17, 15) is 4.79 Å². The molecule has 0 bridgehead atoms. The molecule has 1 heterocycles. The normalized spacial score (nSPS) is 13.1. The van der Waals surface area contributed by atoms with Crippen LogP contribution >= 0.6 is 0 Å². The lowest BCUT2D eigenvalue weighted by Crippen LogP contribution is -2.31. The first-order valence-corrected chi connectivity index (χ1v) is 10.0. The highest BCUT2D eigenvalue weighted by molar-refractivity contribution is 5.97. The molecule has 2 aromatic rings. The quantitative estimate of drug-likeness (QED) is 0.641. The van der Waals surface area contributed by atoms with Gasteiger partial charge in [0.1, 0.15) is 18.1 Å². The fourth-order valence-electron chi connectivity index (χ4n) is 3.20. The molecule has 0 fully saturated rings. The van der Waals surface area contributed by atoms with Crippen molar-refractivity contribution in [3.63, 3.8) is 0 Å². The van der Waals surface area contributed by atoms with Crippen LogP contribution in [-0.4, -0.2) is 31.1 Å². The van der Waals surface area contributed by atoms with Crippen molar-refractivity contribution in [3.05, 3.63) is 77.5 Å². The Kier molecular flexibility index (Phi) is 7.69. The summed E-state index contributed by atoms with van der Waals surface area (Å²) in [6, 6.07) is 13.6. The van der Waals surface area contributed by atoms with Crippen molar-refractivity contribution in [1.29, 1.82) is 0 Å². The molecule has 2 aromatic carbocycles. The summed E-state index contributed by atoms with van der Waals surface area (Å²) in [7, 11) is 1.64. The Morgan fingerprint density at radius 1 is 1.21 bits per heavy atom. The first kappa shape index (κ1) is 22.3. The topological polar surface area (TPSA) is 38.8 Å². The lowest BCUT2D eigenvalue weighted by molar-refractivity contribution is 0.0743. The predicted molar refractivity (Wildman–Crippen MR) is 118 cm³/mol. The van der Waals surface area contributed by atoms with Crippen LogP contribution in [0, 0.1) is 0 Å². The number of carbonyl (C=O) groups is 1. The monoisotopic (exact) mass is 393 g/mol. The van der Waals surface area contributed by atoms with E-state index < -0.39 is 0 Å². The molecular formula is C25H31NO3. The number of ether oxygens (including phenoxy) is 2. The molecule has 0 aromatic heterocycles. The van der Waals surface area contributed by atoms with E-state index in [0.717, 1.165) is 16.9 Å². The number of benzene rings is 2. The predicted octanol–water partition coefficient (Wildman–Crippen LogP) is 5.37. The molecule has 1 amide bonds. The van der Waals surface area contributed by atoms with Crippen molar-refractivity contribution < 1.29 is 14.3 Å². The van der Waals surface area contributed by atoms with Crippen LogP contribution in [0.3, 0.4) is 0 Å². The lowest BCUT2D eigenvalue weighted by atomic mass is 9.84. The summed E-state index contributed by atoms with van der Waals surface area (Å²) in [5, 5.41) is 0. The van der Waals surface area contributed by atoms with E-state index in [4.69, 9.17) is 9.47 Å². The maximum Gasteiger partial charge on any atom is 0.258 e. The number of amides is 1. The minimum absolute atomic E-state index is 0.0121. The maximum absolute atomic E-state index is 13.0. The fraction of sp³-hybridized carbons (Fsp3) is 0.360. The zero-order valence-corrected chi connectivity index (χ0v) is 18.1. The molecule has 4 heteroatoms. The van der Waals surface area contributed by atoms with Gasteiger partial charge in [-0.3, -0.25) is 4.79 Å². The Labute approximate surface area is 174 Å². The summed E-state index contributed by atoms with van der Waals surface area (Å²) in [5.41, 5.74) is 5.35. The summed E-state index contributed by atoms with van der Waals surface area (Å²) in [6.45, 7) is 13.4. The van der Waals surface area contributed by atoms with E-state index in [1.807, 2.05) is 67.3 Å². The summed E-state index contributed by atoms with van der Waals surface area (Å²) >= 11 is 0. The minimum Gasteiger partial charge on any atom is -0.497 e. The molecule has 0 N–H and O–H groups in total. The van der Waals surface area contributed by atoms with Gasteiger partial charge in [0.2, 0.25) is 0 Å². The summed E-state index contributed by atoms with van der Waals surface area (Å²) < 4.78 is 11.1. The van der Waals surface area contributed by atoms with Crippen LogP contribution in [0.4, 0.5) is 0 Å². The Morgan fingerprint density at radius 3 is 2.52 bits per heavy atom. The van der Waals surface area contributed by atoms with Gasteiger partial charge in [0.05, 0.1) is 19.2 Å². The van der Waals surface area contributed by atoms with Crippen LogP contribution in [0.15, 0.2) is 60.9 Å². The van der Waals surface area contributed by atoms with E-state index in [2.05, 4.69) is 26.2 Å². The average Bonchev–Trinajstić information content (AvgIpc) is 2.89. The van der Waals surface area contributed by atoms with Crippen LogP contribution in [0.2, 0.25) is 0 Å². The third kappa shape index (κ3) is 5.30. The molecule has 1 aliphatic heterocycles. The van der Waals surface area contributed by atoms with Gasteiger partial charge in [-0.2, -0.15) is 0 Å². The van der Waals surface area contributed by atoms with Crippen LogP contribution < -0.4 is 9.47 Å². The smallest absolute Gasteiger partial charge is 0.258 e. The second-order valence-electron chi connectivity index (χ2n) is 7.20. The van der Waals surface area contributed by atoms with Crippen molar-refractivity contribution >= 4 is 5.91 Å². The molecule has 0 saturated heterocycles. The zero-order valence-electron chi connectivity index (χ0n) is 18.1. The SMILES string of the molecule is C=C=CC(C)(C)c1ccc2c(c1)OCCN(Cc1ccc(OC)cc1)C2=O.CC. The van der Waals surface area contributed by atoms with E-state index >= 15 is 0 Å². The molecule has 0 unspecified atom stereocenters. The van der Waals surface area contributed by atoms with Gasteiger partial charge < -0.3 is 14.4 Å². The van der Waals surface area contributed by atoms with Gasteiger partial charge >= 0.3 is 0 Å². The number of nitrogens with zero attached hydrogens (tertiary/aromatic N) is 1. The zero-order chi connectivity index (χ0) is 21.4. The van der Waals surface area contributed by atoms with Crippen LogP contribution in [0.1, 0.15) is 49.2 Å². The van der Waals surface area contributed by atoms with Crippen LogP contribution in [0.5, 0.6) is 11.5 Å². The highest BCUT2D eigenvalue weighted by Crippen LogP contribution is 2.32. The molecule has 154 valence electrons. The largest absolute Gasteiger partial charge is 0.497 e. The first-order chi connectivity index (χ1) is 13.9. The number of hydrogen-bond acceptors (Lipinski definition) is 3. The molecular weight excluding hydrogens is 362 g/mol. The van der Waals surface area contributed by atoms with Gasteiger partial charge in [-0.25, -0.2) is 0 Å². The number of hydrogen-bond donors (Lipinski definition) is 0. The van der Waals surface area contributed by atoms with E-state index in [1.165, 1.54) is 0 Å². The molecule has 0 spiro atoms. The Morgan fingerprint density at radius 2 is 1.90 bits per heavy atom. The Bertz CT molecular complexity index is 877. The average molecular weight is 394 g/mol. The summed E-state index contributed by atoms with van der Waals surface area (Å²) in [5.74, 6) is 1.43. The molecule has 0 aliphatic carbocycles. The highest BCUT2D eigenvalue weighted by Gasteiger charge is 2.26. The number of rotatable bonds is 5.